The lowest BCUT2D eigenvalue weighted by atomic mass is 10.0. The van der Waals surface area contributed by atoms with Crippen molar-refractivity contribution in [3.05, 3.63) is 23.3 Å². The number of phenols is 1. The van der Waals surface area contributed by atoms with Crippen LogP contribution in [0, 0.1) is 6.92 Å². The largest absolute Gasteiger partial charge is 0.505 e. The molecular weight excluding hydrogens is 204 g/mol. The molecule has 0 saturated heterocycles. The first kappa shape index (κ1) is 13.0. The summed E-state index contributed by atoms with van der Waals surface area (Å²) in [6.45, 7) is 1.60. The van der Waals surface area contributed by atoms with E-state index in [1.165, 1.54) is 0 Å². The van der Waals surface area contributed by atoms with Gasteiger partial charge in [0.2, 0.25) is 0 Å². The Labute approximate surface area is 88.9 Å². The van der Waals surface area contributed by atoms with E-state index in [9.17, 15) is 5.11 Å². The summed E-state index contributed by atoms with van der Waals surface area (Å²) in [7, 11) is 0. The number of aliphatic hydroxyl groups excluding tert-OH is 1. The Kier molecular flexibility index (Phi) is 4.70. The zero-order valence-corrected chi connectivity index (χ0v) is 8.71. The van der Waals surface area contributed by atoms with E-state index in [2.05, 4.69) is 0 Å². The molecule has 0 unspecified atom stereocenters. The van der Waals surface area contributed by atoms with E-state index in [0.717, 1.165) is 5.56 Å². The third-order valence-corrected chi connectivity index (χ3v) is 2.03. The molecule has 4 nitrogen and oxygen atoms in total. The molecule has 1 atom stereocenters. The van der Waals surface area contributed by atoms with E-state index in [4.69, 9.17) is 16.6 Å². The number of phenolic OH excluding ortho intramolecular Hbond substituents is 1. The number of anilines is 1. The maximum absolute atomic E-state index is 9.56. The minimum atomic E-state index is -0.580. The van der Waals surface area contributed by atoms with Gasteiger partial charge in [0, 0.05) is 5.56 Å². The van der Waals surface area contributed by atoms with Gasteiger partial charge in [-0.25, -0.2) is 0 Å². The average Bonchev–Trinajstić information content (AvgIpc) is 2.12. The van der Waals surface area contributed by atoms with Crippen LogP contribution in [0.3, 0.4) is 0 Å². The van der Waals surface area contributed by atoms with Crippen LogP contribution in [0.25, 0.3) is 0 Å². The fraction of sp³-hybridized carbons (Fsp3) is 0.333. The maximum atomic E-state index is 9.56. The van der Waals surface area contributed by atoms with Gasteiger partial charge in [-0.1, -0.05) is 6.07 Å². The van der Waals surface area contributed by atoms with Crippen LogP contribution in [-0.2, 0) is 0 Å². The lowest BCUT2D eigenvalue weighted by molar-refractivity contribution is 0.265. The number of benzene rings is 1. The Morgan fingerprint density at radius 2 is 2.00 bits per heavy atom. The number of nitrogen functional groups attached to an aromatic ring is 1. The smallest absolute Gasteiger partial charge is 0.143 e. The molecule has 0 spiro atoms. The topological polar surface area (TPSA) is 92.5 Å². The van der Waals surface area contributed by atoms with Gasteiger partial charge < -0.3 is 21.7 Å². The standard InChI is InChI=1S/C9H14N2O2.ClH/c1-5-2-3-6(10)9(13)8(5)7(11)4-12;/h2-3,7,12-13H,4,10-11H2,1H3;1H/t7-;/m1./s1. The van der Waals surface area contributed by atoms with Gasteiger partial charge in [-0.2, -0.15) is 0 Å². The fourth-order valence-electron chi connectivity index (χ4n) is 1.29. The lowest BCUT2D eigenvalue weighted by Crippen LogP contribution is -2.16. The molecule has 0 aromatic heterocycles. The van der Waals surface area contributed by atoms with Crippen LogP contribution in [0.5, 0.6) is 5.75 Å². The lowest BCUT2D eigenvalue weighted by Gasteiger charge is -2.15. The number of hydrogen-bond donors (Lipinski definition) is 4. The van der Waals surface area contributed by atoms with Crippen molar-refractivity contribution < 1.29 is 10.2 Å². The van der Waals surface area contributed by atoms with E-state index >= 15 is 0 Å². The first-order valence-corrected chi connectivity index (χ1v) is 4.02. The molecule has 0 aliphatic heterocycles. The number of aliphatic hydroxyl groups is 1. The quantitative estimate of drug-likeness (QED) is 0.434. The number of rotatable bonds is 2. The fourth-order valence-corrected chi connectivity index (χ4v) is 1.29. The van der Waals surface area contributed by atoms with Gasteiger partial charge in [0.25, 0.3) is 0 Å². The number of halogens is 1. The van der Waals surface area contributed by atoms with Crippen molar-refractivity contribution in [3.63, 3.8) is 0 Å². The van der Waals surface area contributed by atoms with Crippen molar-refractivity contribution in [2.24, 2.45) is 5.73 Å². The minimum absolute atomic E-state index is 0. The van der Waals surface area contributed by atoms with Crippen molar-refractivity contribution in [1.82, 2.24) is 0 Å². The highest BCUT2D eigenvalue weighted by Crippen LogP contribution is 2.31. The van der Waals surface area contributed by atoms with Crippen molar-refractivity contribution in [3.8, 4) is 5.75 Å². The number of aryl methyl sites for hydroxylation is 1. The third-order valence-electron chi connectivity index (χ3n) is 2.03. The highest BCUT2D eigenvalue weighted by Gasteiger charge is 2.14. The summed E-state index contributed by atoms with van der Waals surface area (Å²) < 4.78 is 0. The first-order valence-electron chi connectivity index (χ1n) is 4.02. The van der Waals surface area contributed by atoms with Gasteiger partial charge in [0.1, 0.15) is 5.75 Å². The molecule has 0 radical (unpaired) electrons. The molecule has 0 fully saturated rings. The van der Waals surface area contributed by atoms with E-state index in [1.807, 2.05) is 6.92 Å². The SMILES string of the molecule is Cc1ccc(N)c(O)c1[C@H](N)CO.Cl. The molecule has 5 heteroatoms. The molecule has 0 heterocycles. The molecule has 0 amide bonds. The van der Waals surface area contributed by atoms with Gasteiger partial charge >= 0.3 is 0 Å². The van der Waals surface area contributed by atoms with Crippen LogP contribution in [0.2, 0.25) is 0 Å². The Bertz CT molecular complexity index is 318. The molecule has 14 heavy (non-hydrogen) atoms. The van der Waals surface area contributed by atoms with E-state index in [0.29, 0.717) is 5.56 Å². The van der Waals surface area contributed by atoms with Crippen LogP contribution in [0.4, 0.5) is 5.69 Å². The molecule has 1 aromatic rings. The summed E-state index contributed by atoms with van der Waals surface area (Å²) in [4.78, 5) is 0. The molecule has 0 saturated carbocycles. The van der Waals surface area contributed by atoms with E-state index < -0.39 is 6.04 Å². The predicted octanol–water partition coefficient (Wildman–Crippen LogP) is 0.697. The van der Waals surface area contributed by atoms with Crippen molar-refractivity contribution in [2.75, 3.05) is 12.3 Å². The number of aromatic hydroxyl groups is 1. The Hall–Kier alpha value is -0.970. The van der Waals surface area contributed by atoms with Crippen LogP contribution in [-0.4, -0.2) is 16.8 Å². The van der Waals surface area contributed by atoms with Gasteiger partial charge in [0.15, 0.2) is 0 Å². The zero-order valence-electron chi connectivity index (χ0n) is 7.90. The number of hydrogen-bond acceptors (Lipinski definition) is 4. The van der Waals surface area contributed by atoms with Crippen molar-refractivity contribution in [1.29, 1.82) is 0 Å². The van der Waals surface area contributed by atoms with Gasteiger partial charge in [0.05, 0.1) is 18.3 Å². The highest BCUT2D eigenvalue weighted by atomic mass is 35.5. The Morgan fingerprint density at radius 1 is 1.43 bits per heavy atom. The molecule has 0 aliphatic rings. The summed E-state index contributed by atoms with van der Waals surface area (Å²) in [5.74, 6) is -0.0263. The zero-order chi connectivity index (χ0) is 10.0. The molecule has 0 bridgehead atoms. The second-order valence-electron chi connectivity index (χ2n) is 3.02. The maximum Gasteiger partial charge on any atom is 0.143 e. The third kappa shape index (κ3) is 2.29. The first-order chi connectivity index (χ1) is 6.07. The summed E-state index contributed by atoms with van der Waals surface area (Å²) in [5.41, 5.74) is 12.7. The monoisotopic (exact) mass is 218 g/mol. The van der Waals surface area contributed by atoms with E-state index in [-0.39, 0.29) is 30.5 Å². The Morgan fingerprint density at radius 3 is 2.50 bits per heavy atom. The van der Waals surface area contributed by atoms with Gasteiger partial charge in [-0.3, -0.25) is 0 Å². The molecular formula is C9H15ClN2O2. The van der Waals surface area contributed by atoms with Crippen LogP contribution in [0.1, 0.15) is 17.2 Å². The second kappa shape index (κ2) is 5.05. The average molecular weight is 219 g/mol. The summed E-state index contributed by atoms with van der Waals surface area (Å²) in [6.07, 6.45) is 0. The summed E-state index contributed by atoms with van der Waals surface area (Å²) in [6, 6.07) is 2.79. The van der Waals surface area contributed by atoms with Gasteiger partial charge in [-0.15, -0.1) is 12.4 Å². The van der Waals surface area contributed by atoms with Crippen LogP contribution < -0.4 is 11.5 Å². The minimum Gasteiger partial charge on any atom is -0.505 e. The summed E-state index contributed by atoms with van der Waals surface area (Å²) >= 11 is 0. The molecule has 6 N–H and O–H groups in total. The molecule has 1 aromatic carbocycles. The molecule has 80 valence electrons. The van der Waals surface area contributed by atoms with Crippen LogP contribution >= 0.6 is 12.4 Å². The van der Waals surface area contributed by atoms with E-state index in [1.54, 1.807) is 12.1 Å². The number of nitrogens with two attached hydrogens (primary N) is 2. The second-order valence-corrected chi connectivity index (χ2v) is 3.02. The highest BCUT2D eigenvalue weighted by molar-refractivity contribution is 5.85. The van der Waals surface area contributed by atoms with Crippen molar-refractivity contribution >= 4 is 18.1 Å². The molecule has 0 aliphatic carbocycles. The van der Waals surface area contributed by atoms with Crippen LogP contribution in [0.15, 0.2) is 12.1 Å². The van der Waals surface area contributed by atoms with Gasteiger partial charge in [-0.05, 0) is 18.6 Å². The Balaban J connectivity index is 0.00000169. The predicted molar refractivity (Wildman–Crippen MR) is 58.5 cm³/mol. The normalized spacial score (nSPS) is 11.9. The van der Waals surface area contributed by atoms with Crippen molar-refractivity contribution in [2.45, 2.75) is 13.0 Å². The summed E-state index contributed by atoms with van der Waals surface area (Å²) in [5, 5.41) is 18.4. The molecule has 1 rings (SSSR count).